The number of aromatic nitrogens is 1. The minimum atomic E-state index is -3.79. The largest absolute Gasteiger partial charge is 0.465 e. The van der Waals surface area contributed by atoms with Gasteiger partial charge in [-0.2, -0.15) is 0 Å². The highest BCUT2D eigenvalue weighted by Gasteiger charge is 2.31. The van der Waals surface area contributed by atoms with Crippen molar-refractivity contribution in [2.24, 2.45) is 0 Å². The van der Waals surface area contributed by atoms with E-state index >= 15 is 0 Å². The Kier molecular flexibility index (Phi) is 5.68. The van der Waals surface area contributed by atoms with Crippen molar-refractivity contribution in [3.63, 3.8) is 0 Å². The number of carbonyl (C=O) groups is 2. The summed E-state index contributed by atoms with van der Waals surface area (Å²) in [5.74, 6) is -1.10. The number of nitrogens with zero attached hydrogens (tertiary/aromatic N) is 2. The molecule has 0 unspecified atom stereocenters. The van der Waals surface area contributed by atoms with Crippen LogP contribution in [-0.4, -0.2) is 44.3 Å². The molecule has 3 rings (SSSR count). The normalized spacial score (nSPS) is 12.6. The van der Waals surface area contributed by atoms with Crippen LogP contribution in [0.3, 0.4) is 0 Å². The minimum absolute atomic E-state index is 0.223. The summed E-state index contributed by atoms with van der Waals surface area (Å²) in [5, 5.41) is 0.984. The third kappa shape index (κ3) is 3.99. The zero-order valence-electron chi connectivity index (χ0n) is 16.0. The van der Waals surface area contributed by atoms with Gasteiger partial charge in [-0.15, -0.1) is 0 Å². The van der Waals surface area contributed by atoms with Crippen LogP contribution in [-0.2, 0) is 14.8 Å². The molecule has 0 bridgehead atoms. The standard InChI is InChI=1S/C20H19ClN2O5S/c1-13(23(29(3,26)27)15-10-8-14(21)9-11-15)19(24)22-12-17(20(25)28-2)16-6-4-5-7-18(16)22/h4-13H,1-3H3/t13-/m1/s1. The van der Waals surface area contributed by atoms with Crippen molar-refractivity contribution in [2.45, 2.75) is 13.0 Å². The minimum Gasteiger partial charge on any atom is -0.465 e. The van der Waals surface area contributed by atoms with Gasteiger partial charge in [0.25, 0.3) is 5.91 Å². The van der Waals surface area contributed by atoms with Gasteiger partial charge in [-0.25, -0.2) is 13.2 Å². The lowest BCUT2D eigenvalue weighted by atomic mass is 10.2. The van der Waals surface area contributed by atoms with Crippen LogP contribution in [0.1, 0.15) is 22.1 Å². The van der Waals surface area contributed by atoms with Crippen molar-refractivity contribution < 1.29 is 22.7 Å². The molecule has 0 aliphatic rings. The maximum atomic E-state index is 13.3. The number of rotatable bonds is 5. The highest BCUT2D eigenvalue weighted by atomic mass is 35.5. The number of hydrogen-bond acceptors (Lipinski definition) is 5. The summed E-state index contributed by atoms with van der Waals surface area (Å²) in [6, 6.07) is 11.9. The molecule has 0 saturated heterocycles. The Morgan fingerprint density at radius 2 is 1.72 bits per heavy atom. The zero-order chi connectivity index (χ0) is 21.3. The molecule has 0 saturated carbocycles. The number of hydrogen-bond donors (Lipinski definition) is 0. The molecule has 3 aromatic rings. The van der Waals surface area contributed by atoms with Crippen molar-refractivity contribution in [1.29, 1.82) is 0 Å². The molecule has 152 valence electrons. The molecule has 0 spiro atoms. The van der Waals surface area contributed by atoms with Gasteiger partial charge in [0.2, 0.25) is 10.0 Å². The number of esters is 1. The zero-order valence-corrected chi connectivity index (χ0v) is 17.6. The molecule has 1 aromatic heterocycles. The van der Waals surface area contributed by atoms with E-state index in [1.807, 2.05) is 0 Å². The number of anilines is 1. The lowest BCUT2D eigenvalue weighted by molar-refractivity contribution is 0.0603. The van der Waals surface area contributed by atoms with E-state index in [2.05, 4.69) is 0 Å². The highest BCUT2D eigenvalue weighted by molar-refractivity contribution is 7.92. The number of fused-ring (bicyclic) bond motifs is 1. The SMILES string of the molecule is COC(=O)c1cn(C(=O)[C@@H](C)N(c2ccc(Cl)cc2)S(C)(=O)=O)c2ccccc12. The number of para-hydroxylation sites is 1. The number of sulfonamides is 1. The fraction of sp³-hybridized carbons (Fsp3) is 0.200. The van der Waals surface area contributed by atoms with Crippen LogP contribution in [0.25, 0.3) is 10.9 Å². The van der Waals surface area contributed by atoms with E-state index in [-0.39, 0.29) is 5.56 Å². The van der Waals surface area contributed by atoms with E-state index in [4.69, 9.17) is 16.3 Å². The van der Waals surface area contributed by atoms with Gasteiger partial charge in [-0.1, -0.05) is 29.8 Å². The predicted octanol–water partition coefficient (Wildman–Crippen LogP) is 3.58. The van der Waals surface area contributed by atoms with Crippen molar-refractivity contribution in [3.8, 4) is 0 Å². The molecule has 2 aromatic carbocycles. The van der Waals surface area contributed by atoms with Crippen molar-refractivity contribution in [1.82, 2.24) is 4.57 Å². The summed E-state index contributed by atoms with van der Waals surface area (Å²) in [6.45, 7) is 1.49. The van der Waals surface area contributed by atoms with Crippen molar-refractivity contribution in [2.75, 3.05) is 17.7 Å². The molecule has 0 fully saturated rings. The van der Waals surface area contributed by atoms with Gasteiger partial charge in [0.1, 0.15) is 6.04 Å². The molecule has 0 N–H and O–H groups in total. The number of carbonyl (C=O) groups excluding carboxylic acids is 2. The van der Waals surface area contributed by atoms with Gasteiger partial charge in [0.05, 0.1) is 30.1 Å². The van der Waals surface area contributed by atoms with E-state index in [0.717, 1.165) is 10.6 Å². The average molecular weight is 435 g/mol. The lowest BCUT2D eigenvalue weighted by Gasteiger charge is -2.28. The first-order valence-corrected chi connectivity index (χ1v) is 10.9. The molecular weight excluding hydrogens is 416 g/mol. The smallest absolute Gasteiger partial charge is 0.340 e. The fourth-order valence-electron chi connectivity index (χ4n) is 3.23. The van der Waals surface area contributed by atoms with Gasteiger partial charge < -0.3 is 4.74 Å². The van der Waals surface area contributed by atoms with Crippen LogP contribution in [0, 0.1) is 0 Å². The van der Waals surface area contributed by atoms with Crippen LogP contribution < -0.4 is 4.31 Å². The lowest BCUT2D eigenvalue weighted by Crippen LogP contribution is -2.44. The Labute approximate surface area is 173 Å². The summed E-state index contributed by atoms with van der Waals surface area (Å²) in [7, 11) is -2.53. The Morgan fingerprint density at radius 1 is 1.10 bits per heavy atom. The Morgan fingerprint density at radius 3 is 2.31 bits per heavy atom. The molecule has 0 aliphatic carbocycles. The number of halogens is 1. The van der Waals surface area contributed by atoms with E-state index in [0.29, 0.717) is 21.6 Å². The monoisotopic (exact) mass is 434 g/mol. The second-order valence-electron chi connectivity index (χ2n) is 6.47. The molecule has 0 amide bonds. The first-order valence-electron chi connectivity index (χ1n) is 8.62. The Balaban J connectivity index is 2.11. The molecule has 9 heteroatoms. The van der Waals surface area contributed by atoms with Crippen molar-refractivity contribution in [3.05, 3.63) is 65.3 Å². The maximum absolute atomic E-state index is 13.3. The Hall–Kier alpha value is -2.84. The first-order chi connectivity index (χ1) is 13.6. The molecule has 1 heterocycles. The van der Waals surface area contributed by atoms with Gasteiger partial charge in [-0.05, 0) is 37.3 Å². The fourth-order valence-corrected chi connectivity index (χ4v) is 4.52. The molecule has 1 atom stereocenters. The van der Waals surface area contributed by atoms with Crippen LogP contribution in [0.2, 0.25) is 5.02 Å². The third-order valence-corrected chi connectivity index (χ3v) is 6.00. The molecule has 0 aliphatic heterocycles. The Bertz CT molecular complexity index is 1190. The maximum Gasteiger partial charge on any atom is 0.340 e. The second-order valence-corrected chi connectivity index (χ2v) is 8.77. The quantitative estimate of drug-likeness (QED) is 0.573. The van der Waals surface area contributed by atoms with Crippen LogP contribution in [0.4, 0.5) is 5.69 Å². The van der Waals surface area contributed by atoms with E-state index < -0.39 is 27.9 Å². The average Bonchev–Trinajstić information content (AvgIpc) is 3.07. The van der Waals surface area contributed by atoms with Gasteiger partial charge in [0.15, 0.2) is 0 Å². The van der Waals surface area contributed by atoms with E-state index in [1.54, 1.807) is 36.4 Å². The summed E-state index contributed by atoms with van der Waals surface area (Å²) < 4.78 is 32.1. The van der Waals surface area contributed by atoms with E-state index in [1.165, 1.54) is 36.9 Å². The first kappa shape index (κ1) is 20.9. The number of ether oxygens (including phenoxy) is 1. The van der Waals surface area contributed by atoms with Crippen molar-refractivity contribution >= 4 is 50.1 Å². The topological polar surface area (TPSA) is 85.7 Å². The highest BCUT2D eigenvalue weighted by Crippen LogP contribution is 2.26. The van der Waals surface area contributed by atoms with E-state index in [9.17, 15) is 18.0 Å². The summed E-state index contributed by atoms with van der Waals surface area (Å²) >= 11 is 5.90. The number of methoxy groups -OCH3 is 1. The van der Waals surface area contributed by atoms with Gasteiger partial charge in [0, 0.05) is 16.6 Å². The van der Waals surface area contributed by atoms with Crippen LogP contribution in [0.15, 0.2) is 54.7 Å². The molecular formula is C20H19ClN2O5S. The predicted molar refractivity (Wildman–Crippen MR) is 112 cm³/mol. The van der Waals surface area contributed by atoms with Crippen LogP contribution >= 0.6 is 11.6 Å². The summed E-state index contributed by atoms with van der Waals surface area (Å²) in [5.41, 5.74) is 1.01. The second kappa shape index (κ2) is 7.88. The van der Waals surface area contributed by atoms with Gasteiger partial charge >= 0.3 is 5.97 Å². The molecule has 29 heavy (non-hydrogen) atoms. The third-order valence-electron chi connectivity index (χ3n) is 4.50. The molecule has 0 radical (unpaired) electrons. The molecule has 7 nitrogen and oxygen atoms in total. The summed E-state index contributed by atoms with van der Waals surface area (Å²) in [6.07, 6.45) is 2.40. The van der Waals surface area contributed by atoms with Crippen LogP contribution in [0.5, 0.6) is 0 Å². The summed E-state index contributed by atoms with van der Waals surface area (Å²) in [4.78, 5) is 25.4. The van der Waals surface area contributed by atoms with Gasteiger partial charge in [-0.3, -0.25) is 13.7 Å². The number of benzene rings is 2.